The van der Waals surface area contributed by atoms with Crippen molar-refractivity contribution in [2.45, 2.75) is 25.9 Å². The lowest BCUT2D eigenvalue weighted by molar-refractivity contribution is -0.135. The van der Waals surface area contributed by atoms with Crippen molar-refractivity contribution in [3.63, 3.8) is 0 Å². The van der Waals surface area contributed by atoms with Crippen molar-refractivity contribution in [2.75, 3.05) is 19.1 Å². The molecule has 0 unspecified atom stereocenters. The van der Waals surface area contributed by atoms with E-state index in [1.807, 2.05) is 30.3 Å². The molecule has 0 heterocycles. The molecule has 118 valence electrons. The average molecular weight is 312 g/mol. The summed E-state index contributed by atoms with van der Waals surface area (Å²) >= 11 is 0. The zero-order chi connectivity index (χ0) is 16.2. The maximum absolute atomic E-state index is 12.4. The molecule has 0 spiro atoms. The Hall–Kier alpha value is -1.40. The topological polar surface area (TPSA) is 80.5 Å². The van der Waals surface area contributed by atoms with Crippen LogP contribution in [0.4, 0.5) is 0 Å². The Balaban J connectivity index is 2.78. The van der Waals surface area contributed by atoms with Crippen LogP contribution in [0, 0.1) is 5.92 Å². The minimum atomic E-state index is -3.13. The molecule has 0 aliphatic heterocycles. The number of carbonyl (C=O) groups is 1. The highest BCUT2D eigenvalue weighted by Gasteiger charge is 2.28. The number of nitrogens with two attached hydrogens (primary N) is 1. The molecule has 5 nitrogen and oxygen atoms in total. The summed E-state index contributed by atoms with van der Waals surface area (Å²) < 4.78 is 22.7. The van der Waals surface area contributed by atoms with Gasteiger partial charge in [0.25, 0.3) is 0 Å². The maximum atomic E-state index is 12.4. The molecule has 21 heavy (non-hydrogen) atoms. The largest absolute Gasteiger partial charge is 0.342 e. The van der Waals surface area contributed by atoms with Gasteiger partial charge >= 0.3 is 0 Å². The van der Waals surface area contributed by atoms with E-state index in [1.54, 1.807) is 20.9 Å². The van der Waals surface area contributed by atoms with Gasteiger partial charge in [-0.25, -0.2) is 8.42 Å². The van der Waals surface area contributed by atoms with Crippen LogP contribution in [0.1, 0.15) is 25.5 Å². The molecular formula is C15H24N2O3S. The second-order valence-corrected chi connectivity index (χ2v) is 7.80. The van der Waals surface area contributed by atoms with E-state index in [4.69, 9.17) is 5.73 Å². The molecule has 0 radical (unpaired) electrons. The predicted octanol–water partition coefficient (Wildman–Crippen LogP) is 1.21. The SMILES string of the molecule is C[C@@H](C(=O)N(C)[C@@H](C)CS(C)(=O)=O)[C@@H](N)c1ccccc1. The van der Waals surface area contributed by atoms with Gasteiger partial charge in [-0.05, 0) is 12.5 Å². The van der Waals surface area contributed by atoms with E-state index >= 15 is 0 Å². The van der Waals surface area contributed by atoms with Gasteiger partial charge in [-0.15, -0.1) is 0 Å². The van der Waals surface area contributed by atoms with Gasteiger partial charge in [0.05, 0.1) is 11.7 Å². The molecule has 0 bridgehead atoms. The molecule has 1 aromatic rings. The fraction of sp³-hybridized carbons (Fsp3) is 0.533. The molecule has 0 aromatic heterocycles. The van der Waals surface area contributed by atoms with E-state index in [0.717, 1.165) is 5.56 Å². The highest BCUT2D eigenvalue weighted by atomic mass is 32.2. The third-order valence-electron chi connectivity index (χ3n) is 3.67. The molecule has 0 saturated heterocycles. The summed E-state index contributed by atoms with van der Waals surface area (Å²) in [5.41, 5.74) is 7.03. The van der Waals surface area contributed by atoms with E-state index in [0.29, 0.717) is 0 Å². The average Bonchev–Trinajstić information content (AvgIpc) is 2.43. The number of benzene rings is 1. The van der Waals surface area contributed by atoms with Gasteiger partial charge in [0.1, 0.15) is 9.84 Å². The zero-order valence-electron chi connectivity index (χ0n) is 13.0. The van der Waals surface area contributed by atoms with E-state index in [-0.39, 0.29) is 17.7 Å². The van der Waals surface area contributed by atoms with Crippen LogP contribution in [-0.4, -0.2) is 44.3 Å². The number of hydrogen-bond acceptors (Lipinski definition) is 4. The molecule has 0 saturated carbocycles. The first-order valence-corrected chi connectivity index (χ1v) is 8.94. The molecule has 2 N–H and O–H groups in total. The number of carbonyl (C=O) groups excluding carboxylic acids is 1. The number of hydrogen-bond donors (Lipinski definition) is 1. The molecule has 1 amide bonds. The van der Waals surface area contributed by atoms with Crippen LogP contribution in [0.3, 0.4) is 0 Å². The van der Waals surface area contributed by atoms with E-state index in [2.05, 4.69) is 0 Å². The van der Waals surface area contributed by atoms with E-state index in [9.17, 15) is 13.2 Å². The first kappa shape index (κ1) is 17.7. The zero-order valence-corrected chi connectivity index (χ0v) is 13.8. The van der Waals surface area contributed by atoms with Crippen molar-refractivity contribution in [3.05, 3.63) is 35.9 Å². The lowest BCUT2D eigenvalue weighted by Crippen LogP contribution is -2.44. The second-order valence-electron chi connectivity index (χ2n) is 5.62. The summed E-state index contributed by atoms with van der Waals surface area (Å²) in [5.74, 6) is -0.621. The van der Waals surface area contributed by atoms with Gasteiger partial charge in [0, 0.05) is 25.4 Å². The first-order valence-electron chi connectivity index (χ1n) is 6.88. The smallest absolute Gasteiger partial charge is 0.227 e. The Morgan fingerprint density at radius 3 is 2.24 bits per heavy atom. The highest BCUT2D eigenvalue weighted by molar-refractivity contribution is 7.90. The molecular weight excluding hydrogens is 288 g/mol. The lowest BCUT2D eigenvalue weighted by atomic mass is 9.94. The van der Waals surface area contributed by atoms with Gasteiger partial charge in [-0.1, -0.05) is 37.3 Å². The van der Waals surface area contributed by atoms with Crippen molar-refractivity contribution >= 4 is 15.7 Å². The Morgan fingerprint density at radius 1 is 1.24 bits per heavy atom. The third-order valence-corrected chi connectivity index (χ3v) is 4.75. The lowest BCUT2D eigenvalue weighted by Gasteiger charge is -2.29. The van der Waals surface area contributed by atoms with Gasteiger partial charge in [0.2, 0.25) is 5.91 Å². The van der Waals surface area contributed by atoms with Crippen molar-refractivity contribution in [1.82, 2.24) is 4.90 Å². The molecule has 1 aromatic carbocycles. The number of sulfone groups is 1. The maximum Gasteiger partial charge on any atom is 0.227 e. The molecule has 0 aliphatic rings. The summed E-state index contributed by atoms with van der Waals surface area (Å²) in [6.45, 7) is 3.49. The van der Waals surface area contributed by atoms with Crippen molar-refractivity contribution in [2.24, 2.45) is 11.7 Å². The van der Waals surface area contributed by atoms with Crippen LogP contribution >= 0.6 is 0 Å². The molecule has 0 fully saturated rings. The fourth-order valence-electron chi connectivity index (χ4n) is 2.21. The Labute approximate surface area is 127 Å². The summed E-state index contributed by atoms with van der Waals surface area (Å²) in [7, 11) is -1.51. The van der Waals surface area contributed by atoms with E-state index in [1.165, 1.54) is 11.2 Å². The molecule has 3 atom stereocenters. The van der Waals surface area contributed by atoms with Crippen LogP contribution < -0.4 is 5.73 Å². The Kier molecular flexibility index (Phi) is 5.92. The van der Waals surface area contributed by atoms with Crippen LogP contribution in [0.5, 0.6) is 0 Å². The summed E-state index contributed by atoms with van der Waals surface area (Å²) in [4.78, 5) is 13.9. The van der Waals surface area contributed by atoms with Gasteiger partial charge in [0.15, 0.2) is 0 Å². The second kappa shape index (κ2) is 7.04. The van der Waals surface area contributed by atoms with Crippen LogP contribution in [0.25, 0.3) is 0 Å². The van der Waals surface area contributed by atoms with E-state index < -0.39 is 21.8 Å². The molecule has 0 aliphatic carbocycles. The first-order chi connectivity index (χ1) is 9.63. The highest BCUT2D eigenvalue weighted by Crippen LogP contribution is 2.21. The van der Waals surface area contributed by atoms with Crippen LogP contribution in [0.2, 0.25) is 0 Å². The normalized spacial score (nSPS) is 16.0. The predicted molar refractivity (Wildman–Crippen MR) is 84.5 cm³/mol. The quantitative estimate of drug-likeness (QED) is 0.856. The van der Waals surface area contributed by atoms with Gasteiger partial charge < -0.3 is 10.6 Å². The minimum Gasteiger partial charge on any atom is -0.342 e. The number of rotatable bonds is 6. The van der Waals surface area contributed by atoms with Crippen LogP contribution in [0.15, 0.2) is 30.3 Å². The fourth-order valence-corrected chi connectivity index (χ4v) is 3.31. The van der Waals surface area contributed by atoms with Crippen molar-refractivity contribution < 1.29 is 13.2 Å². The number of amides is 1. The van der Waals surface area contributed by atoms with Gasteiger partial charge in [-0.3, -0.25) is 4.79 Å². The monoisotopic (exact) mass is 312 g/mol. The molecule has 6 heteroatoms. The van der Waals surface area contributed by atoms with Crippen molar-refractivity contribution in [3.8, 4) is 0 Å². The Morgan fingerprint density at radius 2 is 1.76 bits per heavy atom. The summed E-state index contributed by atoms with van der Waals surface area (Å²) in [6, 6.07) is 8.63. The summed E-state index contributed by atoms with van der Waals surface area (Å²) in [5, 5.41) is 0. The standard InChI is InChI=1S/C15H24N2O3S/c1-11(10-21(4,19)20)17(3)15(18)12(2)14(16)13-8-6-5-7-9-13/h5-9,11-12,14H,10,16H2,1-4H3/t11-,12+,14+/m0/s1. The number of nitrogens with zero attached hydrogens (tertiary/aromatic N) is 1. The third kappa shape index (κ3) is 5.13. The van der Waals surface area contributed by atoms with Gasteiger partial charge in [-0.2, -0.15) is 0 Å². The molecule has 1 rings (SSSR count). The Bertz CT molecular complexity index is 572. The minimum absolute atomic E-state index is 0.0530. The van der Waals surface area contributed by atoms with Crippen molar-refractivity contribution in [1.29, 1.82) is 0 Å². The summed E-state index contributed by atoms with van der Waals surface area (Å²) in [6.07, 6.45) is 1.17. The van der Waals surface area contributed by atoms with Crippen LogP contribution in [-0.2, 0) is 14.6 Å².